The molecule has 1 aliphatic rings. The summed E-state index contributed by atoms with van der Waals surface area (Å²) in [6.45, 7) is 9.35. The first-order valence-corrected chi connectivity index (χ1v) is 8.73. The second kappa shape index (κ2) is 7.98. The van der Waals surface area contributed by atoms with Gasteiger partial charge in [0.05, 0.1) is 0 Å². The van der Waals surface area contributed by atoms with E-state index in [-0.39, 0.29) is 0 Å². The third-order valence-electron chi connectivity index (χ3n) is 5.02. The summed E-state index contributed by atoms with van der Waals surface area (Å²) in [5.74, 6) is 4.61. The van der Waals surface area contributed by atoms with E-state index in [9.17, 15) is 0 Å². The number of aryl methyl sites for hydroxylation is 2. The van der Waals surface area contributed by atoms with E-state index in [4.69, 9.17) is 0 Å². The molecule has 1 aromatic heterocycles. The second-order valence-electron chi connectivity index (χ2n) is 7.48. The van der Waals surface area contributed by atoms with Crippen LogP contribution < -0.4 is 5.32 Å². The Labute approximate surface area is 130 Å². The fourth-order valence-electron chi connectivity index (χ4n) is 3.69. The number of rotatable bonds is 7. The van der Waals surface area contributed by atoms with Crippen LogP contribution in [0.5, 0.6) is 0 Å². The highest BCUT2D eigenvalue weighted by Crippen LogP contribution is 2.36. The van der Waals surface area contributed by atoms with Crippen LogP contribution in [0, 0.1) is 23.7 Å². The third-order valence-corrected chi connectivity index (χ3v) is 5.02. The topological polar surface area (TPSA) is 29.9 Å². The minimum atomic E-state index is 0.749. The first kappa shape index (κ1) is 16.5. The van der Waals surface area contributed by atoms with Crippen molar-refractivity contribution in [3.8, 4) is 0 Å². The Balaban J connectivity index is 1.84. The van der Waals surface area contributed by atoms with Crippen molar-refractivity contribution in [2.45, 2.75) is 52.9 Å². The lowest BCUT2D eigenvalue weighted by Gasteiger charge is -2.35. The van der Waals surface area contributed by atoms with Crippen LogP contribution in [0.15, 0.2) is 12.4 Å². The van der Waals surface area contributed by atoms with Crippen molar-refractivity contribution in [3.05, 3.63) is 18.2 Å². The molecule has 0 bridgehead atoms. The van der Waals surface area contributed by atoms with Gasteiger partial charge in [0.15, 0.2) is 0 Å². The molecule has 1 heterocycles. The van der Waals surface area contributed by atoms with Crippen LogP contribution >= 0.6 is 0 Å². The summed E-state index contributed by atoms with van der Waals surface area (Å²) < 4.78 is 2.16. The van der Waals surface area contributed by atoms with Gasteiger partial charge in [-0.25, -0.2) is 4.98 Å². The second-order valence-corrected chi connectivity index (χ2v) is 7.48. The molecule has 1 aromatic rings. The lowest BCUT2D eigenvalue weighted by Crippen LogP contribution is -2.34. The zero-order valence-corrected chi connectivity index (χ0v) is 14.3. The average molecular weight is 291 g/mol. The first-order valence-electron chi connectivity index (χ1n) is 8.73. The lowest BCUT2D eigenvalue weighted by atomic mass is 9.72. The maximum atomic E-state index is 4.48. The minimum Gasteiger partial charge on any atom is -0.338 e. The van der Waals surface area contributed by atoms with Crippen molar-refractivity contribution >= 4 is 0 Å². The highest BCUT2D eigenvalue weighted by molar-refractivity contribution is 4.92. The highest BCUT2D eigenvalue weighted by Gasteiger charge is 2.28. The molecular weight excluding hydrogens is 258 g/mol. The predicted molar refractivity (Wildman–Crippen MR) is 89.2 cm³/mol. The van der Waals surface area contributed by atoms with Crippen molar-refractivity contribution in [1.29, 1.82) is 0 Å². The van der Waals surface area contributed by atoms with Gasteiger partial charge in [-0.1, -0.05) is 27.2 Å². The van der Waals surface area contributed by atoms with Crippen LogP contribution in [0.25, 0.3) is 0 Å². The molecule has 120 valence electrons. The van der Waals surface area contributed by atoms with E-state index in [1.807, 2.05) is 6.20 Å². The molecule has 1 saturated carbocycles. The van der Waals surface area contributed by atoms with Crippen molar-refractivity contribution in [3.63, 3.8) is 0 Å². The first-order chi connectivity index (χ1) is 10.1. The third kappa shape index (κ3) is 5.14. The Hall–Kier alpha value is -0.830. The molecule has 3 unspecified atom stereocenters. The molecule has 1 fully saturated rings. The van der Waals surface area contributed by atoms with Crippen molar-refractivity contribution < 1.29 is 0 Å². The number of nitrogens with one attached hydrogen (secondary N) is 1. The van der Waals surface area contributed by atoms with E-state index in [0.29, 0.717) is 0 Å². The van der Waals surface area contributed by atoms with E-state index in [1.165, 1.54) is 38.1 Å². The number of aromatic nitrogens is 2. The van der Waals surface area contributed by atoms with Crippen LogP contribution in [0.3, 0.4) is 0 Å². The maximum absolute atomic E-state index is 4.48. The summed E-state index contributed by atoms with van der Waals surface area (Å²) in [6, 6.07) is 0. The van der Waals surface area contributed by atoms with E-state index in [2.05, 4.69) is 48.9 Å². The van der Waals surface area contributed by atoms with E-state index in [0.717, 1.165) is 36.6 Å². The van der Waals surface area contributed by atoms with Crippen LogP contribution in [0.4, 0.5) is 0 Å². The van der Waals surface area contributed by atoms with Gasteiger partial charge >= 0.3 is 0 Å². The van der Waals surface area contributed by atoms with E-state index < -0.39 is 0 Å². The normalized spacial score (nSPS) is 26.4. The SMILES string of the molecule is CC(C)CNCC1CCC(C)CC1CCc1nccn1C. The summed E-state index contributed by atoms with van der Waals surface area (Å²) in [5.41, 5.74) is 0. The number of imidazole rings is 1. The Morgan fingerprint density at radius 3 is 2.81 bits per heavy atom. The van der Waals surface area contributed by atoms with E-state index in [1.54, 1.807) is 0 Å². The molecule has 2 rings (SSSR count). The molecule has 0 aromatic carbocycles. The Kier molecular flexibility index (Phi) is 6.28. The number of hydrogen-bond donors (Lipinski definition) is 1. The zero-order chi connectivity index (χ0) is 15.2. The molecule has 1 aliphatic carbocycles. The molecular formula is C18H33N3. The fourth-order valence-corrected chi connectivity index (χ4v) is 3.69. The van der Waals surface area contributed by atoms with Gasteiger partial charge in [0.1, 0.15) is 5.82 Å². The molecule has 3 atom stereocenters. The monoisotopic (exact) mass is 291 g/mol. The van der Waals surface area contributed by atoms with Gasteiger partial charge in [0, 0.05) is 25.9 Å². The number of nitrogens with zero attached hydrogens (tertiary/aromatic N) is 2. The van der Waals surface area contributed by atoms with Gasteiger partial charge < -0.3 is 9.88 Å². The van der Waals surface area contributed by atoms with Crippen LogP contribution in [0.2, 0.25) is 0 Å². The molecule has 0 amide bonds. The summed E-state index contributed by atoms with van der Waals surface area (Å²) in [4.78, 5) is 4.48. The zero-order valence-electron chi connectivity index (χ0n) is 14.3. The Morgan fingerprint density at radius 1 is 1.33 bits per heavy atom. The summed E-state index contributed by atoms with van der Waals surface area (Å²) >= 11 is 0. The molecule has 0 aliphatic heterocycles. The summed E-state index contributed by atoms with van der Waals surface area (Å²) in [7, 11) is 2.10. The molecule has 0 saturated heterocycles. The quantitative estimate of drug-likeness (QED) is 0.831. The van der Waals surface area contributed by atoms with Crippen LogP contribution in [-0.2, 0) is 13.5 Å². The maximum Gasteiger partial charge on any atom is 0.108 e. The number of hydrogen-bond acceptors (Lipinski definition) is 2. The summed E-state index contributed by atoms with van der Waals surface area (Å²) in [5, 5.41) is 3.68. The van der Waals surface area contributed by atoms with Gasteiger partial charge in [-0.15, -0.1) is 0 Å². The molecule has 3 heteroatoms. The Morgan fingerprint density at radius 2 is 2.14 bits per heavy atom. The standard InChI is InChI=1S/C18H33N3/c1-14(2)12-19-13-17-6-5-15(3)11-16(17)7-8-18-20-9-10-21(18)4/h9-10,14-17,19H,5-8,11-13H2,1-4H3. The molecule has 1 N–H and O–H groups in total. The van der Waals surface area contributed by atoms with Crippen LogP contribution in [-0.4, -0.2) is 22.6 Å². The largest absolute Gasteiger partial charge is 0.338 e. The molecule has 0 spiro atoms. The van der Waals surface area contributed by atoms with Gasteiger partial charge in [0.25, 0.3) is 0 Å². The molecule has 3 nitrogen and oxygen atoms in total. The predicted octanol–water partition coefficient (Wildman–Crippen LogP) is 3.65. The minimum absolute atomic E-state index is 0.749. The molecule has 21 heavy (non-hydrogen) atoms. The van der Waals surface area contributed by atoms with Gasteiger partial charge in [-0.05, 0) is 56.0 Å². The van der Waals surface area contributed by atoms with Crippen molar-refractivity contribution in [2.24, 2.45) is 30.7 Å². The smallest absolute Gasteiger partial charge is 0.108 e. The Bertz CT molecular complexity index is 410. The van der Waals surface area contributed by atoms with Crippen molar-refractivity contribution in [2.75, 3.05) is 13.1 Å². The van der Waals surface area contributed by atoms with Crippen LogP contribution in [0.1, 0.15) is 52.3 Å². The van der Waals surface area contributed by atoms with Crippen molar-refractivity contribution in [1.82, 2.24) is 14.9 Å². The van der Waals surface area contributed by atoms with Gasteiger partial charge in [-0.2, -0.15) is 0 Å². The fraction of sp³-hybridized carbons (Fsp3) is 0.833. The molecule has 0 radical (unpaired) electrons. The van der Waals surface area contributed by atoms with Gasteiger partial charge in [0.2, 0.25) is 0 Å². The van der Waals surface area contributed by atoms with Gasteiger partial charge in [-0.3, -0.25) is 0 Å². The van der Waals surface area contributed by atoms with E-state index >= 15 is 0 Å². The average Bonchev–Trinajstić information content (AvgIpc) is 2.83. The highest BCUT2D eigenvalue weighted by atomic mass is 15.0. The lowest BCUT2D eigenvalue weighted by molar-refractivity contribution is 0.173. The summed E-state index contributed by atoms with van der Waals surface area (Å²) in [6.07, 6.45) is 10.6.